The topological polar surface area (TPSA) is 126 Å². The zero-order valence-corrected chi connectivity index (χ0v) is 18.7. The van der Waals surface area contributed by atoms with Gasteiger partial charge in [-0.25, -0.2) is 9.48 Å². The van der Waals surface area contributed by atoms with Crippen LogP contribution in [-0.2, 0) is 9.53 Å². The lowest BCUT2D eigenvalue weighted by Crippen LogP contribution is -2.21. The van der Waals surface area contributed by atoms with Gasteiger partial charge in [-0.15, -0.1) is 11.3 Å². The predicted molar refractivity (Wildman–Crippen MR) is 125 cm³/mol. The van der Waals surface area contributed by atoms with E-state index in [1.54, 1.807) is 10.9 Å². The van der Waals surface area contributed by atoms with Crippen LogP contribution in [0.25, 0.3) is 16.3 Å². The number of methoxy groups -OCH3 is 1. The number of hydrogen-bond donors (Lipinski definition) is 1. The van der Waals surface area contributed by atoms with Crippen molar-refractivity contribution in [2.75, 3.05) is 19.0 Å². The third-order valence-electron chi connectivity index (χ3n) is 4.71. The lowest BCUT2D eigenvalue weighted by molar-refractivity contribution is -0.384. The number of carbonyl (C=O) groups is 2. The maximum atomic E-state index is 12.9. The molecule has 1 N–H and O–H groups in total. The quantitative estimate of drug-likeness (QED) is 0.227. The first kappa shape index (κ1) is 22.7. The van der Waals surface area contributed by atoms with E-state index >= 15 is 0 Å². The molecule has 2 heterocycles. The van der Waals surface area contributed by atoms with Crippen LogP contribution in [0.3, 0.4) is 0 Å². The highest BCUT2D eigenvalue weighted by atomic mass is 32.1. The highest BCUT2D eigenvalue weighted by molar-refractivity contribution is 7.13. The molecule has 0 aliphatic carbocycles. The van der Waals surface area contributed by atoms with E-state index in [4.69, 9.17) is 9.47 Å². The standard InChI is InChI=1S/C23H18N4O6S/c1-32-19-12-16(27(30)31)9-10-18(19)24-21(28)14-33-23(29)17-13-26(15-6-3-2-4-7-15)25-22(17)20-8-5-11-34-20/h2-13H,14H2,1H3,(H,24,28). The summed E-state index contributed by atoms with van der Waals surface area (Å²) in [5.74, 6) is -1.23. The molecule has 2 aromatic carbocycles. The van der Waals surface area contributed by atoms with Crippen LogP contribution >= 0.6 is 11.3 Å². The lowest BCUT2D eigenvalue weighted by atomic mass is 10.2. The van der Waals surface area contributed by atoms with Crippen LogP contribution in [0.1, 0.15) is 10.4 Å². The number of anilines is 1. The van der Waals surface area contributed by atoms with Crippen molar-refractivity contribution < 1.29 is 24.0 Å². The number of carbonyl (C=O) groups excluding carboxylic acids is 2. The van der Waals surface area contributed by atoms with Gasteiger partial charge in [0.2, 0.25) is 0 Å². The third-order valence-corrected chi connectivity index (χ3v) is 5.59. The Kier molecular flexibility index (Phi) is 6.64. The second kappa shape index (κ2) is 9.96. The van der Waals surface area contributed by atoms with E-state index < -0.39 is 23.4 Å². The van der Waals surface area contributed by atoms with E-state index in [1.165, 1.54) is 36.6 Å². The molecule has 34 heavy (non-hydrogen) atoms. The molecule has 0 radical (unpaired) electrons. The van der Waals surface area contributed by atoms with Crippen LogP contribution in [-0.4, -0.2) is 40.3 Å². The van der Waals surface area contributed by atoms with Crippen LogP contribution in [0.5, 0.6) is 5.75 Å². The minimum atomic E-state index is -0.712. The Balaban J connectivity index is 1.49. The number of nitro benzene ring substituents is 1. The Bertz CT molecular complexity index is 1340. The minimum absolute atomic E-state index is 0.109. The SMILES string of the molecule is COc1cc([N+](=O)[O-])ccc1NC(=O)COC(=O)c1cn(-c2ccccc2)nc1-c1cccs1. The van der Waals surface area contributed by atoms with Crippen molar-refractivity contribution in [2.45, 2.75) is 0 Å². The van der Waals surface area contributed by atoms with Crippen LogP contribution in [0.2, 0.25) is 0 Å². The molecule has 1 amide bonds. The van der Waals surface area contributed by atoms with Crippen molar-refractivity contribution in [3.8, 4) is 22.0 Å². The van der Waals surface area contributed by atoms with Gasteiger partial charge in [-0.3, -0.25) is 14.9 Å². The maximum Gasteiger partial charge on any atom is 0.342 e. The molecule has 0 bridgehead atoms. The van der Waals surface area contributed by atoms with Gasteiger partial charge in [0.15, 0.2) is 6.61 Å². The zero-order chi connectivity index (χ0) is 24.1. The van der Waals surface area contributed by atoms with Gasteiger partial charge in [-0.2, -0.15) is 5.10 Å². The van der Waals surface area contributed by atoms with Crippen LogP contribution in [0.15, 0.2) is 72.2 Å². The van der Waals surface area contributed by atoms with Crippen LogP contribution in [0, 0.1) is 10.1 Å². The summed E-state index contributed by atoms with van der Waals surface area (Å²) in [7, 11) is 1.32. The van der Waals surface area contributed by atoms with Crippen molar-refractivity contribution in [2.24, 2.45) is 0 Å². The Morgan fingerprint density at radius 1 is 1.15 bits per heavy atom. The summed E-state index contributed by atoms with van der Waals surface area (Å²) in [4.78, 5) is 36.4. The van der Waals surface area contributed by atoms with Crippen molar-refractivity contribution in [3.05, 3.63) is 87.9 Å². The normalized spacial score (nSPS) is 10.5. The molecule has 4 rings (SSSR count). The molecule has 0 aliphatic rings. The van der Waals surface area contributed by atoms with Crippen LogP contribution in [0.4, 0.5) is 11.4 Å². The van der Waals surface area contributed by atoms with E-state index in [9.17, 15) is 19.7 Å². The lowest BCUT2D eigenvalue weighted by Gasteiger charge is -2.10. The highest BCUT2D eigenvalue weighted by Gasteiger charge is 2.22. The molecule has 2 aromatic heterocycles. The number of nitro groups is 1. The van der Waals surface area contributed by atoms with Crippen LogP contribution < -0.4 is 10.1 Å². The molecule has 0 spiro atoms. The first-order valence-corrected chi connectivity index (χ1v) is 10.8. The van der Waals surface area contributed by atoms with Gasteiger partial charge >= 0.3 is 5.97 Å². The van der Waals surface area contributed by atoms with Gasteiger partial charge in [0, 0.05) is 12.3 Å². The Morgan fingerprint density at radius 2 is 1.94 bits per heavy atom. The highest BCUT2D eigenvalue weighted by Crippen LogP contribution is 2.30. The first-order chi connectivity index (χ1) is 16.5. The molecule has 11 heteroatoms. The van der Waals surface area contributed by atoms with Crippen molar-refractivity contribution in [3.63, 3.8) is 0 Å². The average Bonchev–Trinajstić information content (AvgIpc) is 3.53. The molecular formula is C23H18N4O6S. The second-order valence-electron chi connectivity index (χ2n) is 6.91. The summed E-state index contributed by atoms with van der Waals surface area (Å²) in [5.41, 5.74) is 1.46. The Labute approximate surface area is 197 Å². The van der Waals surface area contributed by atoms with E-state index in [0.29, 0.717) is 5.69 Å². The van der Waals surface area contributed by atoms with Gasteiger partial charge < -0.3 is 14.8 Å². The largest absolute Gasteiger partial charge is 0.494 e. The van der Waals surface area contributed by atoms with Gasteiger partial charge in [0.05, 0.1) is 34.4 Å². The average molecular weight is 478 g/mol. The number of esters is 1. The fourth-order valence-corrected chi connectivity index (χ4v) is 3.85. The number of benzene rings is 2. The molecule has 0 unspecified atom stereocenters. The van der Waals surface area contributed by atoms with Crippen molar-refractivity contribution in [1.29, 1.82) is 0 Å². The number of thiophene rings is 1. The molecule has 172 valence electrons. The second-order valence-corrected chi connectivity index (χ2v) is 7.86. The molecule has 0 atom stereocenters. The minimum Gasteiger partial charge on any atom is -0.494 e. The summed E-state index contributed by atoms with van der Waals surface area (Å²) in [6, 6.07) is 16.7. The molecule has 0 saturated heterocycles. The molecule has 4 aromatic rings. The fourth-order valence-electron chi connectivity index (χ4n) is 3.12. The zero-order valence-electron chi connectivity index (χ0n) is 17.8. The number of rotatable bonds is 8. The van der Waals surface area contributed by atoms with E-state index in [2.05, 4.69) is 10.4 Å². The van der Waals surface area contributed by atoms with Gasteiger partial charge in [-0.1, -0.05) is 24.3 Å². The van der Waals surface area contributed by atoms with Gasteiger partial charge in [0.25, 0.3) is 11.6 Å². The fraction of sp³-hybridized carbons (Fsp3) is 0.0870. The number of nitrogens with one attached hydrogen (secondary N) is 1. The third kappa shape index (κ3) is 4.94. The van der Waals surface area contributed by atoms with E-state index in [0.717, 1.165) is 10.6 Å². The number of nitrogens with zero attached hydrogens (tertiary/aromatic N) is 3. The summed E-state index contributed by atoms with van der Waals surface area (Å²) >= 11 is 1.42. The monoisotopic (exact) mass is 478 g/mol. The molecular weight excluding hydrogens is 460 g/mol. The predicted octanol–water partition coefficient (Wildman–Crippen LogP) is 4.31. The molecule has 0 saturated carbocycles. The summed E-state index contributed by atoms with van der Waals surface area (Å²) in [6.07, 6.45) is 1.56. The van der Waals surface area contributed by atoms with Gasteiger partial charge in [-0.05, 0) is 29.6 Å². The molecule has 0 fully saturated rings. The Hall–Kier alpha value is -4.51. The molecule has 0 aliphatic heterocycles. The number of aromatic nitrogens is 2. The number of non-ortho nitro benzene ring substituents is 1. The van der Waals surface area contributed by atoms with Crippen molar-refractivity contribution in [1.82, 2.24) is 9.78 Å². The first-order valence-electron chi connectivity index (χ1n) is 9.94. The number of para-hydroxylation sites is 1. The van der Waals surface area contributed by atoms with Crippen molar-refractivity contribution >= 4 is 34.6 Å². The number of hydrogen-bond acceptors (Lipinski definition) is 8. The Morgan fingerprint density at radius 3 is 2.62 bits per heavy atom. The maximum absolute atomic E-state index is 12.9. The summed E-state index contributed by atoms with van der Waals surface area (Å²) < 4.78 is 11.9. The number of amides is 1. The van der Waals surface area contributed by atoms with E-state index in [-0.39, 0.29) is 22.7 Å². The number of ether oxygens (including phenoxy) is 2. The summed E-state index contributed by atoms with van der Waals surface area (Å²) in [6.45, 7) is -0.570. The summed E-state index contributed by atoms with van der Waals surface area (Å²) in [5, 5.41) is 19.9. The van der Waals surface area contributed by atoms with Gasteiger partial charge in [0.1, 0.15) is 17.0 Å². The molecule has 10 nitrogen and oxygen atoms in total. The van der Waals surface area contributed by atoms with E-state index in [1.807, 2.05) is 47.8 Å². The smallest absolute Gasteiger partial charge is 0.342 e.